The summed E-state index contributed by atoms with van der Waals surface area (Å²) in [5.41, 5.74) is 2.71. The van der Waals surface area contributed by atoms with Crippen LogP contribution in [0, 0.1) is 6.92 Å². The monoisotopic (exact) mass is 648 g/mol. The van der Waals surface area contributed by atoms with Gasteiger partial charge < -0.3 is 19.7 Å². The molecule has 8 rings (SSSR count). The molecule has 0 atom stereocenters. The molecule has 1 N–H and O–H groups in total. The Morgan fingerprint density at radius 1 is 0.689 bits per heavy atom. The standard InChI is InChI=1S/C15H16N6O.C10H5Cl2N5.C4H9NO/c1-11-10-13(20-6-8-22-9-7-20)21-15(17-11)18-14(19-21)12-2-4-16-5-3-12;11-7-5-8(12)17-10(14-7)15-9(16-17)6-1-3-13-4-2-6;1-3-6-4-2-5-1/h2-5,10H,6-9H2,1H3;1-5H;5H,1-4H2. The van der Waals surface area contributed by atoms with E-state index >= 15 is 0 Å². The van der Waals surface area contributed by atoms with Crippen LogP contribution in [0.3, 0.4) is 0 Å². The van der Waals surface area contributed by atoms with Gasteiger partial charge in [-0.1, -0.05) is 23.2 Å². The number of rotatable bonds is 3. The quantitative estimate of drug-likeness (QED) is 0.280. The van der Waals surface area contributed by atoms with Gasteiger partial charge >= 0.3 is 0 Å². The molecule has 0 aliphatic carbocycles. The maximum absolute atomic E-state index is 5.99. The van der Waals surface area contributed by atoms with E-state index in [2.05, 4.69) is 50.3 Å². The minimum atomic E-state index is 0.288. The third-order valence-electron chi connectivity index (χ3n) is 6.72. The van der Waals surface area contributed by atoms with Crippen molar-refractivity contribution in [1.29, 1.82) is 0 Å². The molecular weight excluding hydrogens is 619 g/mol. The molecule has 8 heterocycles. The molecule has 0 spiro atoms. The second kappa shape index (κ2) is 14.6. The molecule has 0 bridgehead atoms. The first-order valence-electron chi connectivity index (χ1n) is 14.3. The summed E-state index contributed by atoms with van der Waals surface area (Å²) in [6, 6.07) is 11.0. The summed E-state index contributed by atoms with van der Waals surface area (Å²) >= 11 is 11.8. The zero-order valence-corrected chi connectivity index (χ0v) is 25.9. The first-order chi connectivity index (χ1) is 22.0. The number of ether oxygens (including phenoxy) is 2. The number of pyridine rings is 2. The Labute approximate surface area is 268 Å². The van der Waals surface area contributed by atoms with Crippen molar-refractivity contribution >= 4 is 40.6 Å². The first kappa shape index (κ1) is 30.7. The molecule has 0 aromatic carbocycles. The molecule has 2 aliphatic heterocycles. The number of aryl methyl sites for hydroxylation is 1. The third-order valence-corrected chi connectivity index (χ3v) is 7.18. The van der Waals surface area contributed by atoms with Gasteiger partial charge in [-0.3, -0.25) is 9.97 Å². The Hall–Kier alpha value is -4.34. The molecular formula is C29H30Cl2N12O2. The van der Waals surface area contributed by atoms with Crippen LogP contribution in [0.1, 0.15) is 5.69 Å². The second-order valence-corrected chi connectivity index (χ2v) is 10.7. The van der Waals surface area contributed by atoms with E-state index < -0.39 is 0 Å². The van der Waals surface area contributed by atoms with Crippen LogP contribution >= 0.6 is 23.2 Å². The lowest BCUT2D eigenvalue weighted by molar-refractivity contribution is 0.109. The van der Waals surface area contributed by atoms with Crippen LogP contribution in [0.15, 0.2) is 61.2 Å². The average Bonchev–Trinajstić information content (AvgIpc) is 3.72. The van der Waals surface area contributed by atoms with Gasteiger partial charge in [0.25, 0.3) is 11.6 Å². The van der Waals surface area contributed by atoms with Crippen molar-refractivity contribution in [2.24, 2.45) is 0 Å². The van der Waals surface area contributed by atoms with Crippen molar-refractivity contribution in [3.63, 3.8) is 0 Å². The smallest absolute Gasteiger partial charge is 0.255 e. The number of anilines is 1. The highest BCUT2D eigenvalue weighted by atomic mass is 35.5. The summed E-state index contributed by atoms with van der Waals surface area (Å²) in [5.74, 6) is 3.19. The SMILES string of the molecule is C1COCCN1.Cc1cc(N2CCOCC2)n2nc(-c3ccncc3)nc2n1.Clc1cc(Cl)n2nc(-c3ccncc3)nc2n1. The Kier molecular flexibility index (Phi) is 9.97. The van der Waals surface area contributed by atoms with Crippen LogP contribution in [-0.2, 0) is 9.47 Å². The van der Waals surface area contributed by atoms with E-state index in [1.54, 1.807) is 24.8 Å². The normalized spacial score (nSPS) is 14.9. The van der Waals surface area contributed by atoms with E-state index in [-0.39, 0.29) is 5.15 Å². The average molecular weight is 650 g/mol. The fourth-order valence-electron chi connectivity index (χ4n) is 4.55. The molecule has 0 unspecified atom stereocenters. The number of nitrogens with zero attached hydrogens (tertiary/aromatic N) is 11. The molecule has 45 heavy (non-hydrogen) atoms. The van der Waals surface area contributed by atoms with Crippen LogP contribution < -0.4 is 10.2 Å². The maximum Gasteiger partial charge on any atom is 0.255 e. The predicted molar refractivity (Wildman–Crippen MR) is 170 cm³/mol. The van der Waals surface area contributed by atoms with E-state index in [1.165, 1.54) is 10.6 Å². The van der Waals surface area contributed by atoms with Gasteiger partial charge in [-0.25, -0.2) is 4.98 Å². The van der Waals surface area contributed by atoms with Gasteiger partial charge in [0.2, 0.25) is 0 Å². The maximum atomic E-state index is 5.99. The van der Waals surface area contributed by atoms with Crippen LogP contribution in [0.4, 0.5) is 5.82 Å². The lowest BCUT2D eigenvalue weighted by atomic mass is 10.3. The molecule has 0 saturated carbocycles. The van der Waals surface area contributed by atoms with Gasteiger partial charge in [0.15, 0.2) is 11.6 Å². The van der Waals surface area contributed by atoms with Crippen molar-refractivity contribution in [2.45, 2.75) is 6.92 Å². The number of fused-ring (bicyclic) bond motifs is 2. The van der Waals surface area contributed by atoms with Crippen molar-refractivity contribution in [2.75, 3.05) is 57.5 Å². The van der Waals surface area contributed by atoms with Crippen LogP contribution in [0.25, 0.3) is 34.3 Å². The van der Waals surface area contributed by atoms with Crippen LogP contribution in [-0.4, -0.2) is 102 Å². The van der Waals surface area contributed by atoms with Crippen molar-refractivity contribution in [1.82, 2.24) is 54.4 Å². The fourth-order valence-corrected chi connectivity index (χ4v) is 5.01. The van der Waals surface area contributed by atoms with Gasteiger partial charge in [-0.15, -0.1) is 10.2 Å². The highest BCUT2D eigenvalue weighted by molar-refractivity contribution is 6.33. The van der Waals surface area contributed by atoms with Crippen molar-refractivity contribution < 1.29 is 9.47 Å². The minimum Gasteiger partial charge on any atom is -0.379 e. The van der Waals surface area contributed by atoms with Crippen LogP contribution in [0.5, 0.6) is 0 Å². The van der Waals surface area contributed by atoms with Gasteiger partial charge in [0, 0.05) is 79.9 Å². The van der Waals surface area contributed by atoms with Gasteiger partial charge in [-0.2, -0.15) is 24.0 Å². The molecule has 2 aliphatic rings. The summed E-state index contributed by atoms with van der Waals surface area (Å²) in [6.07, 6.45) is 6.82. The molecule has 6 aromatic rings. The van der Waals surface area contributed by atoms with Gasteiger partial charge in [0.1, 0.15) is 16.1 Å². The molecule has 14 nitrogen and oxygen atoms in total. The van der Waals surface area contributed by atoms with E-state index in [1.807, 2.05) is 41.8 Å². The Morgan fingerprint density at radius 3 is 1.80 bits per heavy atom. The minimum absolute atomic E-state index is 0.288. The summed E-state index contributed by atoms with van der Waals surface area (Å²) in [7, 11) is 0. The molecule has 0 amide bonds. The van der Waals surface area contributed by atoms with Crippen LogP contribution in [0.2, 0.25) is 10.3 Å². The summed E-state index contributed by atoms with van der Waals surface area (Å²) in [6.45, 7) is 8.97. The largest absolute Gasteiger partial charge is 0.379 e. The lowest BCUT2D eigenvalue weighted by Gasteiger charge is -2.28. The predicted octanol–water partition coefficient (Wildman–Crippen LogP) is 3.43. The zero-order valence-electron chi connectivity index (χ0n) is 24.4. The van der Waals surface area contributed by atoms with E-state index in [0.29, 0.717) is 28.4 Å². The molecule has 232 valence electrons. The van der Waals surface area contributed by atoms with E-state index in [0.717, 1.165) is 75.2 Å². The third kappa shape index (κ3) is 7.67. The van der Waals surface area contributed by atoms with E-state index in [9.17, 15) is 0 Å². The molecule has 2 fully saturated rings. The molecule has 0 radical (unpaired) electrons. The number of nitrogens with one attached hydrogen (secondary N) is 1. The fraction of sp³-hybridized carbons (Fsp3) is 0.310. The van der Waals surface area contributed by atoms with Crippen molar-refractivity contribution in [3.05, 3.63) is 77.2 Å². The summed E-state index contributed by atoms with van der Waals surface area (Å²) in [4.78, 5) is 27.6. The van der Waals surface area contributed by atoms with Crippen molar-refractivity contribution in [3.8, 4) is 22.8 Å². The molecule has 6 aromatic heterocycles. The second-order valence-electron chi connectivity index (χ2n) is 9.89. The topological polar surface area (TPSA) is 146 Å². The Balaban J connectivity index is 0.000000137. The Bertz CT molecular complexity index is 1830. The molecule has 16 heteroatoms. The highest BCUT2D eigenvalue weighted by Gasteiger charge is 2.18. The number of hydrogen-bond acceptors (Lipinski definition) is 12. The zero-order chi connectivity index (χ0) is 31.0. The number of morpholine rings is 2. The Morgan fingerprint density at radius 2 is 1.24 bits per heavy atom. The van der Waals surface area contributed by atoms with E-state index in [4.69, 9.17) is 32.7 Å². The van der Waals surface area contributed by atoms with Gasteiger partial charge in [0.05, 0.1) is 26.4 Å². The summed E-state index contributed by atoms with van der Waals surface area (Å²) < 4.78 is 13.7. The highest BCUT2D eigenvalue weighted by Crippen LogP contribution is 2.22. The first-order valence-corrected chi connectivity index (χ1v) is 15.1. The molecule has 2 saturated heterocycles. The van der Waals surface area contributed by atoms with Gasteiger partial charge in [-0.05, 0) is 31.2 Å². The number of halogens is 2. The number of aromatic nitrogens is 10. The lowest BCUT2D eigenvalue weighted by Crippen LogP contribution is -2.37. The number of hydrogen-bond donors (Lipinski definition) is 1. The summed E-state index contributed by atoms with van der Waals surface area (Å²) in [5, 5.41) is 12.7.